The van der Waals surface area contributed by atoms with E-state index in [-0.39, 0.29) is 24.3 Å². The van der Waals surface area contributed by atoms with E-state index in [1.54, 1.807) is 35.9 Å². The summed E-state index contributed by atoms with van der Waals surface area (Å²) in [6, 6.07) is 19.1. The Balaban J connectivity index is 1.43. The molecule has 0 spiro atoms. The number of fused-ring (bicyclic) bond motifs is 4. The second-order valence-electron chi connectivity index (χ2n) is 10.8. The Morgan fingerprint density at radius 1 is 1.03 bits per heavy atom. The normalized spacial score (nSPS) is 18.7. The van der Waals surface area contributed by atoms with E-state index in [0.29, 0.717) is 22.3 Å². The minimum Gasteiger partial charge on any atom is -0.497 e. The van der Waals surface area contributed by atoms with Crippen molar-refractivity contribution in [1.29, 1.82) is 0 Å². The van der Waals surface area contributed by atoms with Crippen LogP contribution in [0.25, 0.3) is 10.9 Å². The molecule has 7 heteroatoms. The standard InChI is InChI=1S/C32H32ClN3O3/c1-19-5-11-29-25(15-19)27-18-34(3)14-13-30(27)36(29)31(37)17-24-20(2)35(28-12-10-23(39-4)16-26(24)28)32(38)21-6-8-22(33)9-7-21/h5-12,15-16,27,30H,13-14,17-18H2,1-4H3. The number of likely N-dealkylation sites (N-methyl/N-ethyl adjacent to an activating group) is 1. The Morgan fingerprint density at radius 2 is 1.79 bits per heavy atom. The summed E-state index contributed by atoms with van der Waals surface area (Å²) in [7, 11) is 3.78. The number of aromatic nitrogens is 1. The van der Waals surface area contributed by atoms with E-state index in [1.807, 2.05) is 30.0 Å². The van der Waals surface area contributed by atoms with Crippen LogP contribution in [0.1, 0.15) is 45.1 Å². The van der Waals surface area contributed by atoms with Crippen LogP contribution in [0, 0.1) is 13.8 Å². The van der Waals surface area contributed by atoms with Crippen molar-refractivity contribution in [3.63, 3.8) is 0 Å². The molecule has 1 fully saturated rings. The zero-order chi connectivity index (χ0) is 27.4. The number of carbonyl (C=O) groups is 2. The molecule has 2 unspecified atom stereocenters. The van der Waals surface area contributed by atoms with Crippen molar-refractivity contribution in [2.45, 2.75) is 38.6 Å². The van der Waals surface area contributed by atoms with Crippen LogP contribution in [0.3, 0.4) is 0 Å². The van der Waals surface area contributed by atoms with E-state index in [9.17, 15) is 9.59 Å². The molecule has 0 bridgehead atoms. The first-order chi connectivity index (χ1) is 18.8. The lowest BCUT2D eigenvalue weighted by Gasteiger charge is -2.36. The second kappa shape index (κ2) is 9.85. The fourth-order valence-corrected chi connectivity index (χ4v) is 6.56. The maximum absolute atomic E-state index is 14.2. The summed E-state index contributed by atoms with van der Waals surface area (Å²) in [6.07, 6.45) is 1.13. The van der Waals surface area contributed by atoms with Crippen molar-refractivity contribution in [3.05, 3.63) is 93.6 Å². The molecule has 1 amide bonds. The molecule has 39 heavy (non-hydrogen) atoms. The maximum Gasteiger partial charge on any atom is 0.262 e. The number of aryl methyl sites for hydroxylation is 1. The number of anilines is 1. The predicted octanol–water partition coefficient (Wildman–Crippen LogP) is 5.99. The second-order valence-corrected chi connectivity index (χ2v) is 11.3. The Labute approximate surface area is 233 Å². The molecule has 3 aromatic carbocycles. The number of ether oxygens (including phenoxy) is 1. The fraction of sp³-hybridized carbons (Fsp3) is 0.312. The summed E-state index contributed by atoms with van der Waals surface area (Å²) in [4.78, 5) is 32.3. The largest absolute Gasteiger partial charge is 0.497 e. The average molecular weight is 542 g/mol. The van der Waals surface area contributed by atoms with Crippen LogP contribution in [0.5, 0.6) is 5.75 Å². The van der Waals surface area contributed by atoms with Gasteiger partial charge in [0.25, 0.3) is 5.91 Å². The van der Waals surface area contributed by atoms with E-state index >= 15 is 0 Å². The van der Waals surface area contributed by atoms with Gasteiger partial charge in [0.1, 0.15) is 5.75 Å². The minimum absolute atomic E-state index is 0.0565. The highest BCUT2D eigenvalue weighted by molar-refractivity contribution is 6.30. The van der Waals surface area contributed by atoms with Gasteiger partial charge in [-0.25, -0.2) is 0 Å². The van der Waals surface area contributed by atoms with Gasteiger partial charge in [0, 0.05) is 45.9 Å². The fourth-order valence-electron chi connectivity index (χ4n) is 6.44. The van der Waals surface area contributed by atoms with Crippen LogP contribution >= 0.6 is 11.6 Å². The monoisotopic (exact) mass is 541 g/mol. The van der Waals surface area contributed by atoms with E-state index in [0.717, 1.165) is 47.4 Å². The van der Waals surface area contributed by atoms with Crippen LogP contribution in [-0.4, -0.2) is 54.6 Å². The summed E-state index contributed by atoms with van der Waals surface area (Å²) in [5, 5.41) is 1.43. The first-order valence-electron chi connectivity index (χ1n) is 13.4. The molecule has 6 rings (SSSR count). The molecule has 2 atom stereocenters. The lowest BCUT2D eigenvalue weighted by atomic mass is 9.88. The van der Waals surface area contributed by atoms with Crippen molar-refractivity contribution < 1.29 is 14.3 Å². The van der Waals surface area contributed by atoms with Crippen LogP contribution in [0.15, 0.2) is 60.7 Å². The third-order valence-corrected chi connectivity index (χ3v) is 8.64. The molecule has 2 aliphatic heterocycles. The molecule has 1 saturated heterocycles. The van der Waals surface area contributed by atoms with Gasteiger partial charge in [-0.15, -0.1) is 0 Å². The van der Waals surface area contributed by atoms with Crippen molar-refractivity contribution in [1.82, 2.24) is 9.47 Å². The molecule has 2 aliphatic rings. The van der Waals surface area contributed by atoms with Gasteiger partial charge in [-0.05, 0) is 93.5 Å². The Bertz CT molecular complexity index is 1610. The topological polar surface area (TPSA) is 54.8 Å². The summed E-state index contributed by atoms with van der Waals surface area (Å²) < 4.78 is 7.23. The van der Waals surface area contributed by atoms with E-state index in [4.69, 9.17) is 16.3 Å². The zero-order valence-corrected chi connectivity index (χ0v) is 23.5. The highest BCUT2D eigenvalue weighted by Gasteiger charge is 2.44. The van der Waals surface area contributed by atoms with Crippen LogP contribution in [0.4, 0.5) is 5.69 Å². The molecule has 0 N–H and O–H groups in total. The number of rotatable bonds is 4. The van der Waals surface area contributed by atoms with Gasteiger partial charge in [0.2, 0.25) is 5.91 Å². The van der Waals surface area contributed by atoms with Crippen LogP contribution < -0.4 is 9.64 Å². The van der Waals surface area contributed by atoms with Crippen LogP contribution in [-0.2, 0) is 11.2 Å². The molecule has 3 heterocycles. The Morgan fingerprint density at radius 3 is 2.54 bits per heavy atom. The first-order valence-corrected chi connectivity index (χ1v) is 13.7. The van der Waals surface area contributed by atoms with E-state index < -0.39 is 0 Å². The molecule has 0 radical (unpaired) electrons. The number of piperidine rings is 1. The summed E-state index contributed by atoms with van der Waals surface area (Å²) in [5.41, 5.74) is 6.39. The van der Waals surface area contributed by atoms with Gasteiger partial charge < -0.3 is 14.5 Å². The van der Waals surface area contributed by atoms with Crippen LogP contribution in [0.2, 0.25) is 5.02 Å². The van der Waals surface area contributed by atoms with Crippen molar-refractivity contribution in [3.8, 4) is 5.75 Å². The molecular weight excluding hydrogens is 510 g/mol. The first kappa shape index (κ1) is 25.7. The molecular formula is C32H32ClN3O3. The Hall–Kier alpha value is -3.61. The SMILES string of the molecule is COc1ccc2c(c1)c(CC(=O)N1c3ccc(C)cc3C3CN(C)CCC31)c(C)n2C(=O)c1ccc(Cl)cc1. The highest BCUT2D eigenvalue weighted by Crippen LogP contribution is 2.45. The van der Waals surface area contributed by atoms with Gasteiger partial charge in [-0.1, -0.05) is 29.3 Å². The average Bonchev–Trinajstić information content (AvgIpc) is 3.39. The van der Waals surface area contributed by atoms with Crippen molar-refractivity contribution >= 4 is 40.0 Å². The minimum atomic E-state index is -0.157. The third kappa shape index (κ3) is 4.32. The number of halogens is 1. The molecule has 6 nitrogen and oxygen atoms in total. The molecule has 200 valence electrons. The van der Waals surface area contributed by atoms with Gasteiger partial charge in [-0.2, -0.15) is 0 Å². The Kier molecular flexibility index (Phi) is 6.48. The number of hydrogen-bond donors (Lipinski definition) is 0. The number of nitrogens with zero attached hydrogens (tertiary/aromatic N) is 3. The lowest BCUT2D eigenvalue weighted by molar-refractivity contribution is -0.118. The number of benzene rings is 3. The molecule has 0 saturated carbocycles. The lowest BCUT2D eigenvalue weighted by Crippen LogP contribution is -2.47. The zero-order valence-electron chi connectivity index (χ0n) is 22.7. The van der Waals surface area contributed by atoms with Gasteiger partial charge in [0.05, 0.1) is 19.0 Å². The summed E-state index contributed by atoms with van der Waals surface area (Å²) >= 11 is 6.07. The quantitative estimate of drug-likeness (QED) is 0.319. The summed E-state index contributed by atoms with van der Waals surface area (Å²) in [5.74, 6) is 0.887. The summed E-state index contributed by atoms with van der Waals surface area (Å²) in [6.45, 7) is 5.93. The smallest absolute Gasteiger partial charge is 0.262 e. The van der Waals surface area contributed by atoms with E-state index in [1.165, 1.54) is 11.1 Å². The third-order valence-electron chi connectivity index (χ3n) is 8.39. The highest BCUT2D eigenvalue weighted by atomic mass is 35.5. The molecule has 1 aromatic heterocycles. The van der Waals surface area contributed by atoms with E-state index in [2.05, 4.69) is 37.1 Å². The molecule has 0 aliphatic carbocycles. The van der Waals surface area contributed by atoms with Crippen molar-refractivity contribution in [2.24, 2.45) is 0 Å². The number of carbonyl (C=O) groups excluding carboxylic acids is 2. The molecule has 4 aromatic rings. The van der Waals surface area contributed by atoms with Crippen molar-refractivity contribution in [2.75, 3.05) is 32.1 Å². The van der Waals surface area contributed by atoms with Gasteiger partial charge in [-0.3, -0.25) is 14.2 Å². The maximum atomic E-state index is 14.2. The number of hydrogen-bond acceptors (Lipinski definition) is 4. The predicted molar refractivity (Wildman–Crippen MR) is 155 cm³/mol. The number of amides is 1. The number of likely N-dealkylation sites (tertiary alicyclic amines) is 1. The van der Waals surface area contributed by atoms with Gasteiger partial charge in [0.15, 0.2) is 0 Å². The van der Waals surface area contributed by atoms with Gasteiger partial charge >= 0.3 is 0 Å². The number of methoxy groups -OCH3 is 1.